The van der Waals surface area contributed by atoms with E-state index in [1.807, 2.05) is 12.1 Å². The molecule has 17 heavy (non-hydrogen) atoms. The normalized spacial score (nSPS) is 25.5. The first-order chi connectivity index (χ1) is 8.12. The van der Waals surface area contributed by atoms with E-state index in [9.17, 15) is 0 Å². The maximum Gasteiger partial charge on any atom is 0.0420 e. The van der Waals surface area contributed by atoms with Crippen LogP contribution in [0.2, 0.25) is 5.02 Å². The molecular weight excluding hydrogens is 230 g/mol. The lowest BCUT2D eigenvalue weighted by Crippen LogP contribution is -2.56. The number of halogens is 1. The van der Waals surface area contributed by atoms with Crippen molar-refractivity contribution < 1.29 is 0 Å². The summed E-state index contributed by atoms with van der Waals surface area (Å²) >= 11 is 5.92. The summed E-state index contributed by atoms with van der Waals surface area (Å²) in [4.78, 5) is 0. The molecule has 1 aromatic rings. The summed E-state index contributed by atoms with van der Waals surface area (Å²) < 4.78 is 0. The molecular formula is C15H20ClN. The highest BCUT2D eigenvalue weighted by Gasteiger charge is 2.52. The van der Waals surface area contributed by atoms with Gasteiger partial charge in [0.1, 0.15) is 0 Å². The molecule has 2 aliphatic carbocycles. The highest BCUT2D eigenvalue weighted by Crippen LogP contribution is 2.59. The van der Waals surface area contributed by atoms with Crippen molar-refractivity contribution in [1.82, 2.24) is 0 Å². The van der Waals surface area contributed by atoms with Crippen molar-refractivity contribution in [2.75, 3.05) is 0 Å². The minimum Gasteiger partial charge on any atom is -0.321 e. The predicted molar refractivity (Wildman–Crippen MR) is 72.1 cm³/mol. The Labute approximate surface area is 108 Å². The Balaban J connectivity index is 1.75. The summed E-state index contributed by atoms with van der Waals surface area (Å²) in [5.74, 6) is 0. The Morgan fingerprint density at radius 1 is 0.941 bits per heavy atom. The lowest BCUT2D eigenvalue weighted by molar-refractivity contribution is -0.00989. The molecule has 0 radical (unpaired) electrons. The fraction of sp³-hybridized carbons (Fsp3) is 0.600. The van der Waals surface area contributed by atoms with Gasteiger partial charge in [-0.05, 0) is 48.8 Å². The largest absolute Gasteiger partial charge is 0.321 e. The van der Waals surface area contributed by atoms with Crippen LogP contribution in [-0.4, -0.2) is 0 Å². The fourth-order valence-electron chi connectivity index (χ4n) is 3.93. The highest BCUT2D eigenvalue weighted by molar-refractivity contribution is 6.30. The quantitative estimate of drug-likeness (QED) is 0.792. The van der Waals surface area contributed by atoms with Gasteiger partial charge in [-0.25, -0.2) is 0 Å². The zero-order valence-electron chi connectivity index (χ0n) is 10.2. The first kappa shape index (κ1) is 11.6. The number of benzene rings is 1. The van der Waals surface area contributed by atoms with Crippen LogP contribution in [-0.2, 0) is 5.54 Å². The molecule has 1 spiro atoms. The predicted octanol–water partition coefficient (Wildman–Crippen LogP) is 4.24. The average molecular weight is 250 g/mol. The molecule has 0 aliphatic heterocycles. The van der Waals surface area contributed by atoms with Crippen molar-refractivity contribution in [2.24, 2.45) is 11.1 Å². The van der Waals surface area contributed by atoms with Gasteiger partial charge in [0.25, 0.3) is 0 Å². The Morgan fingerprint density at radius 2 is 1.53 bits per heavy atom. The third-order valence-electron chi connectivity index (χ3n) is 4.71. The SMILES string of the molecule is NC1(c2ccc(Cl)cc2)CC2(CCCCC2)C1. The van der Waals surface area contributed by atoms with Crippen LogP contribution in [0.15, 0.2) is 24.3 Å². The second-order valence-electron chi connectivity index (χ2n) is 6.08. The minimum absolute atomic E-state index is 0.0814. The molecule has 0 aromatic heterocycles. The van der Waals surface area contributed by atoms with Crippen LogP contribution < -0.4 is 5.73 Å². The van der Waals surface area contributed by atoms with Gasteiger partial charge in [0.05, 0.1) is 0 Å². The molecule has 0 heterocycles. The van der Waals surface area contributed by atoms with Crippen LogP contribution in [0.3, 0.4) is 0 Å². The zero-order valence-corrected chi connectivity index (χ0v) is 11.0. The van der Waals surface area contributed by atoms with Crippen molar-refractivity contribution in [3.05, 3.63) is 34.9 Å². The first-order valence-corrected chi connectivity index (χ1v) is 7.05. The van der Waals surface area contributed by atoms with Gasteiger partial charge >= 0.3 is 0 Å². The smallest absolute Gasteiger partial charge is 0.0420 e. The third kappa shape index (κ3) is 2.00. The van der Waals surface area contributed by atoms with Crippen LogP contribution in [0.25, 0.3) is 0 Å². The van der Waals surface area contributed by atoms with Crippen molar-refractivity contribution in [2.45, 2.75) is 50.5 Å². The van der Waals surface area contributed by atoms with E-state index in [1.165, 1.54) is 50.5 Å². The molecule has 2 aliphatic rings. The fourth-order valence-corrected chi connectivity index (χ4v) is 4.05. The minimum atomic E-state index is -0.0814. The molecule has 0 saturated heterocycles. The van der Waals surface area contributed by atoms with Gasteiger partial charge < -0.3 is 5.73 Å². The van der Waals surface area contributed by atoms with Crippen molar-refractivity contribution in [1.29, 1.82) is 0 Å². The first-order valence-electron chi connectivity index (χ1n) is 6.67. The van der Waals surface area contributed by atoms with Crippen molar-refractivity contribution in [3.8, 4) is 0 Å². The number of nitrogens with two attached hydrogens (primary N) is 1. The highest BCUT2D eigenvalue weighted by atomic mass is 35.5. The van der Waals surface area contributed by atoms with E-state index in [2.05, 4.69) is 12.1 Å². The molecule has 0 unspecified atom stereocenters. The second-order valence-corrected chi connectivity index (χ2v) is 6.51. The zero-order chi connectivity index (χ0) is 11.9. The van der Waals surface area contributed by atoms with Gasteiger partial charge in [0, 0.05) is 10.6 Å². The molecule has 2 fully saturated rings. The number of hydrogen-bond donors (Lipinski definition) is 1. The molecule has 0 amide bonds. The van der Waals surface area contributed by atoms with Crippen molar-refractivity contribution in [3.63, 3.8) is 0 Å². The van der Waals surface area contributed by atoms with E-state index in [1.54, 1.807) is 0 Å². The molecule has 1 aromatic carbocycles. The van der Waals surface area contributed by atoms with E-state index < -0.39 is 0 Å². The van der Waals surface area contributed by atoms with E-state index in [0.717, 1.165) is 5.02 Å². The van der Waals surface area contributed by atoms with Gasteiger partial charge in [-0.3, -0.25) is 0 Å². The average Bonchev–Trinajstić information content (AvgIpc) is 2.29. The van der Waals surface area contributed by atoms with Crippen LogP contribution in [0.4, 0.5) is 0 Å². The number of hydrogen-bond acceptors (Lipinski definition) is 1. The lowest BCUT2D eigenvalue weighted by atomic mass is 9.51. The summed E-state index contributed by atoms with van der Waals surface area (Å²) in [6.07, 6.45) is 9.33. The van der Waals surface area contributed by atoms with Gasteiger partial charge in [0.2, 0.25) is 0 Å². The van der Waals surface area contributed by atoms with Crippen LogP contribution in [0.1, 0.15) is 50.5 Å². The summed E-state index contributed by atoms with van der Waals surface area (Å²) in [5.41, 5.74) is 8.29. The Kier molecular flexibility index (Phi) is 2.72. The lowest BCUT2D eigenvalue weighted by Gasteiger charge is -2.57. The maximum absolute atomic E-state index is 6.54. The maximum atomic E-state index is 6.54. The standard InChI is InChI=1S/C15H20ClN/c16-13-6-4-12(5-7-13)15(17)10-14(11-15)8-2-1-3-9-14/h4-7H,1-3,8-11,17H2. The summed E-state index contributed by atoms with van der Waals surface area (Å²) in [6.45, 7) is 0. The topological polar surface area (TPSA) is 26.0 Å². The number of rotatable bonds is 1. The second kappa shape index (κ2) is 4.00. The van der Waals surface area contributed by atoms with Crippen LogP contribution in [0, 0.1) is 5.41 Å². The molecule has 2 saturated carbocycles. The molecule has 0 atom stereocenters. The summed E-state index contributed by atoms with van der Waals surface area (Å²) in [6, 6.07) is 8.10. The third-order valence-corrected chi connectivity index (χ3v) is 4.97. The van der Waals surface area contributed by atoms with Crippen LogP contribution >= 0.6 is 11.6 Å². The molecule has 0 bridgehead atoms. The summed E-state index contributed by atoms with van der Waals surface area (Å²) in [5, 5.41) is 0.795. The molecule has 3 rings (SSSR count). The summed E-state index contributed by atoms with van der Waals surface area (Å²) in [7, 11) is 0. The van der Waals surface area contributed by atoms with E-state index in [4.69, 9.17) is 17.3 Å². The molecule has 2 heteroatoms. The van der Waals surface area contributed by atoms with Gasteiger partial charge in [-0.1, -0.05) is 43.0 Å². The van der Waals surface area contributed by atoms with E-state index in [-0.39, 0.29) is 5.54 Å². The van der Waals surface area contributed by atoms with E-state index in [0.29, 0.717) is 5.41 Å². The van der Waals surface area contributed by atoms with Crippen LogP contribution in [0.5, 0.6) is 0 Å². The Hall–Kier alpha value is -0.530. The van der Waals surface area contributed by atoms with E-state index >= 15 is 0 Å². The van der Waals surface area contributed by atoms with Gasteiger partial charge in [0.15, 0.2) is 0 Å². The molecule has 1 nitrogen and oxygen atoms in total. The van der Waals surface area contributed by atoms with Gasteiger partial charge in [-0.2, -0.15) is 0 Å². The Bertz CT molecular complexity index is 395. The molecule has 2 N–H and O–H groups in total. The van der Waals surface area contributed by atoms with Gasteiger partial charge in [-0.15, -0.1) is 0 Å². The molecule has 92 valence electrons. The Morgan fingerprint density at radius 3 is 2.12 bits per heavy atom. The monoisotopic (exact) mass is 249 g/mol. The van der Waals surface area contributed by atoms with Crippen molar-refractivity contribution >= 4 is 11.6 Å².